The van der Waals surface area contributed by atoms with Gasteiger partial charge in [-0.25, -0.2) is 28.1 Å². The second kappa shape index (κ2) is 13.0. The summed E-state index contributed by atoms with van der Waals surface area (Å²) in [4.78, 5) is 26.5. The molecule has 0 saturated heterocycles. The molecule has 1 aliphatic heterocycles. The lowest BCUT2D eigenvalue weighted by Crippen LogP contribution is -2.38. The molecule has 0 spiro atoms. The molecule has 5 aromatic rings. The van der Waals surface area contributed by atoms with Crippen LogP contribution in [0.3, 0.4) is 0 Å². The van der Waals surface area contributed by atoms with Crippen LogP contribution >= 0.6 is 0 Å². The zero-order chi connectivity index (χ0) is 34.2. The summed E-state index contributed by atoms with van der Waals surface area (Å²) in [6.45, 7) is 12.8. The fourth-order valence-corrected chi connectivity index (χ4v) is 7.94. The fraction of sp³-hybridized carbons (Fsp3) is 0.371. The number of carbonyl (C=O) groups excluding carboxylic acids is 1. The molecule has 0 fully saturated rings. The van der Waals surface area contributed by atoms with Crippen LogP contribution < -0.4 is 10.1 Å². The zero-order valence-corrected chi connectivity index (χ0v) is 28.8. The first-order valence-electron chi connectivity index (χ1n) is 16.1. The maximum Gasteiger partial charge on any atom is 0.248 e. The number of carbonyl (C=O) groups is 1. The summed E-state index contributed by atoms with van der Waals surface area (Å²) in [7, 11) is -3.92. The van der Waals surface area contributed by atoms with E-state index in [2.05, 4.69) is 30.6 Å². The van der Waals surface area contributed by atoms with Crippen LogP contribution in [0.4, 0.5) is 5.69 Å². The van der Waals surface area contributed by atoms with Gasteiger partial charge in [0.15, 0.2) is 0 Å². The Morgan fingerprint density at radius 1 is 1.10 bits per heavy atom. The van der Waals surface area contributed by atoms with Crippen molar-refractivity contribution in [2.24, 2.45) is 5.41 Å². The number of ether oxygens (including phenoxy) is 1. The number of nitrogens with one attached hydrogen (secondary N) is 1. The number of hydrogen-bond donors (Lipinski definition) is 1. The highest BCUT2D eigenvalue weighted by molar-refractivity contribution is 7.89. The van der Waals surface area contributed by atoms with E-state index in [4.69, 9.17) is 4.74 Å². The van der Waals surface area contributed by atoms with E-state index in [0.29, 0.717) is 18.7 Å². The maximum atomic E-state index is 14.1. The lowest BCUT2D eigenvalue weighted by molar-refractivity contribution is -0.124. The van der Waals surface area contributed by atoms with E-state index >= 15 is 0 Å². The highest BCUT2D eigenvalue weighted by Crippen LogP contribution is 2.45. The van der Waals surface area contributed by atoms with E-state index in [1.807, 2.05) is 76.6 Å². The molecule has 0 aliphatic carbocycles. The van der Waals surface area contributed by atoms with Gasteiger partial charge in [-0.15, -0.1) is 5.10 Å². The van der Waals surface area contributed by atoms with Gasteiger partial charge in [0.2, 0.25) is 21.8 Å². The van der Waals surface area contributed by atoms with Gasteiger partial charge in [0.1, 0.15) is 22.8 Å². The quantitative estimate of drug-likeness (QED) is 0.218. The molecule has 4 heterocycles. The fourth-order valence-electron chi connectivity index (χ4n) is 6.41. The van der Waals surface area contributed by atoms with Crippen molar-refractivity contribution in [1.29, 1.82) is 0 Å². The second-order valence-electron chi connectivity index (χ2n) is 12.7. The molecule has 1 aliphatic rings. The number of hydrogen-bond acceptors (Lipinski definition) is 9. The standard InChI is InChI=1S/C35H40N8O4S/c1-7-27-20-42(48(45,46)30-10-9-15-38-33(30)47-27)19-25-16-24(12-11-22(25)3)31(35(5,6)34(44)39-26-17-36-21-37-18-26)28-13-14-29-32(23(28)4)40-41-43(29)8-2/h9-18,21,27,31H,7-8,19-20H2,1-6H3,(H,39,44)/t27-,31+/m1/s1. The number of rotatable bonds is 9. The van der Waals surface area contributed by atoms with Crippen molar-refractivity contribution in [2.45, 2.75) is 78.0 Å². The Balaban J connectivity index is 1.46. The van der Waals surface area contributed by atoms with Gasteiger partial charge >= 0.3 is 0 Å². The lowest BCUT2D eigenvalue weighted by Gasteiger charge is -2.35. The smallest absolute Gasteiger partial charge is 0.248 e. The Hall–Kier alpha value is -4.75. The van der Waals surface area contributed by atoms with Crippen LogP contribution in [-0.2, 0) is 27.9 Å². The summed E-state index contributed by atoms with van der Waals surface area (Å²) >= 11 is 0. The Bertz CT molecular complexity index is 2080. The molecule has 6 rings (SSSR count). The van der Waals surface area contributed by atoms with E-state index in [1.54, 1.807) is 18.5 Å². The van der Waals surface area contributed by atoms with Crippen molar-refractivity contribution in [3.05, 3.63) is 95.2 Å². The third-order valence-corrected chi connectivity index (χ3v) is 11.1. The number of anilines is 1. The molecule has 250 valence electrons. The van der Waals surface area contributed by atoms with Gasteiger partial charge in [0.25, 0.3) is 0 Å². The van der Waals surface area contributed by atoms with E-state index in [1.165, 1.54) is 22.9 Å². The Morgan fingerprint density at radius 2 is 1.88 bits per heavy atom. The van der Waals surface area contributed by atoms with Crippen molar-refractivity contribution >= 4 is 32.7 Å². The molecule has 1 amide bonds. The molecule has 0 unspecified atom stereocenters. The molecule has 1 N–H and O–H groups in total. The number of pyridine rings is 1. The van der Waals surface area contributed by atoms with Gasteiger partial charge in [-0.3, -0.25) is 4.79 Å². The van der Waals surface area contributed by atoms with Crippen LogP contribution in [0.5, 0.6) is 5.88 Å². The number of benzene rings is 2. The lowest BCUT2D eigenvalue weighted by atomic mass is 9.69. The van der Waals surface area contributed by atoms with Crippen molar-refractivity contribution in [1.82, 2.24) is 34.3 Å². The number of aryl methyl sites for hydroxylation is 3. The maximum absolute atomic E-state index is 14.1. The Morgan fingerprint density at radius 3 is 2.60 bits per heavy atom. The topological polar surface area (TPSA) is 145 Å². The normalized spacial score (nSPS) is 16.9. The summed E-state index contributed by atoms with van der Waals surface area (Å²) in [5.41, 5.74) is 5.64. The van der Waals surface area contributed by atoms with Crippen LogP contribution in [0.2, 0.25) is 0 Å². The van der Waals surface area contributed by atoms with Crippen LogP contribution in [0.1, 0.15) is 67.9 Å². The molecule has 2 aromatic carbocycles. The minimum absolute atomic E-state index is 0.0550. The van der Waals surface area contributed by atoms with Gasteiger partial charge in [-0.1, -0.05) is 50.3 Å². The first-order valence-corrected chi connectivity index (χ1v) is 17.5. The Kier molecular flexibility index (Phi) is 9.01. The molecule has 0 bridgehead atoms. The van der Waals surface area contributed by atoms with E-state index in [-0.39, 0.29) is 35.9 Å². The SMILES string of the molecule is CC[C@@H]1CN(Cc2cc([C@@H](c3ccc4c(nnn4CC)c3C)C(C)(C)C(=O)Nc3cncnc3)ccc2C)S(=O)(=O)c2cccnc2O1. The summed E-state index contributed by atoms with van der Waals surface area (Å²) in [6.07, 6.45) is 6.32. The molecule has 0 saturated carbocycles. The monoisotopic (exact) mass is 668 g/mol. The second-order valence-corrected chi connectivity index (χ2v) is 14.6. The van der Waals surface area contributed by atoms with Crippen LogP contribution in [0, 0.1) is 19.3 Å². The summed E-state index contributed by atoms with van der Waals surface area (Å²) in [5.74, 6) is -0.543. The molecule has 0 radical (unpaired) electrons. The van der Waals surface area contributed by atoms with Gasteiger partial charge in [-0.2, -0.15) is 4.31 Å². The van der Waals surface area contributed by atoms with Gasteiger partial charge in [0.05, 0.1) is 35.6 Å². The minimum Gasteiger partial charge on any atom is -0.472 e. The van der Waals surface area contributed by atoms with Crippen LogP contribution in [0.25, 0.3) is 11.0 Å². The summed E-state index contributed by atoms with van der Waals surface area (Å²) < 4.78 is 37.3. The minimum atomic E-state index is -3.92. The van der Waals surface area contributed by atoms with Crippen LogP contribution in [0.15, 0.2) is 72.3 Å². The van der Waals surface area contributed by atoms with Gasteiger partial charge in [0, 0.05) is 25.2 Å². The first-order chi connectivity index (χ1) is 22.9. The van der Waals surface area contributed by atoms with E-state index in [9.17, 15) is 13.2 Å². The zero-order valence-electron chi connectivity index (χ0n) is 28.0. The van der Waals surface area contributed by atoms with Crippen molar-refractivity contribution < 1.29 is 17.9 Å². The number of amides is 1. The van der Waals surface area contributed by atoms with Crippen molar-refractivity contribution in [3.63, 3.8) is 0 Å². The number of nitrogens with zero attached hydrogens (tertiary/aromatic N) is 7. The first kappa shape index (κ1) is 33.2. The average Bonchev–Trinajstić information content (AvgIpc) is 3.46. The number of aromatic nitrogens is 6. The predicted molar refractivity (Wildman–Crippen MR) is 182 cm³/mol. The van der Waals surface area contributed by atoms with Crippen molar-refractivity contribution in [2.75, 3.05) is 11.9 Å². The molecular weight excluding hydrogens is 629 g/mol. The average molecular weight is 669 g/mol. The summed E-state index contributed by atoms with van der Waals surface area (Å²) in [5, 5.41) is 11.8. The number of sulfonamides is 1. The molecule has 2 atom stereocenters. The predicted octanol–water partition coefficient (Wildman–Crippen LogP) is 5.41. The van der Waals surface area contributed by atoms with Crippen molar-refractivity contribution in [3.8, 4) is 5.88 Å². The van der Waals surface area contributed by atoms with E-state index < -0.39 is 21.4 Å². The highest BCUT2D eigenvalue weighted by atomic mass is 32.2. The molecular formula is C35H40N8O4S. The summed E-state index contributed by atoms with van der Waals surface area (Å²) in [6, 6.07) is 13.2. The molecule has 48 heavy (non-hydrogen) atoms. The molecule has 12 nitrogen and oxygen atoms in total. The van der Waals surface area contributed by atoms with E-state index in [0.717, 1.165) is 38.9 Å². The largest absolute Gasteiger partial charge is 0.472 e. The Labute approximate surface area is 280 Å². The number of fused-ring (bicyclic) bond motifs is 2. The molecule has 13 heteroatoms. The molecule has 3 aromatic heterocycles. The third kappa shape index (κ3) is 6.03. The third-order valence-electron chi connectivity index (χ3n) is 9.27. The van der Waals surface area contributed by atoms with Gasteiger partial charge < -0.3 is 10.1 Å². The van der Waals surface area contributed by atoms with Crippen LogP contribution in [-0.4, -0.2) is 61.2 Å². The highest BCUT2D eigenvalue weighted by Gasteiger charge is 2.41. The van der Waals surface area contributed by atoms with Gasteiger partial charge in [-0.05, 0) is 73.2 Å².